The normalized spacial score (nSPS) is 12.0. The molecule has 2 amide bonds. The molecule has 6 heteroatoms. The molecule has 0 aromatic heterocycles. The first-order valence-corrected chi connectivity index (χ1v) is 11.7. The van der Waals surface area contributed by atoms with E-state index in [9.17, 15) is 14.0 Å². The summed E-state index contributed by atoms with van der Waals surface area (Å²) in [6.45, 7) is 7.71. The minimum absolute atomic E-state index is 0.233. The van der Waals surface area contributed by atoms with Crippen LogP contribution >= 0.6 is 0 Å². The molecule has 0 aliphatic rings. The van der Waals surface area contributed by atoms with Crippen LogP contribution in [0.3, 0.4) is 0 Å². The van der Waals surface area contributed by atoms with Gasteiger partial charge in [-0.1, -0.05) is 60.2 Å². The van der Waals surface area contributed by atoms with Gasteiger partial charge in [0.25, 0.3) is 5.91 Å². The highest BCUT2D eigenvalue weighted by Gasteiger charge is 2.32. The maximum atomic E-state index is 13.5. The number of hydrogen-bond acceptors (Lipinski definition) is 3. The second-order valence-corrected chi connectivity index (χ2v) is 9.69. The molecule has 1 N–H and O–H groups in total. The van der Waals surface area contributed by atoms with Crippen LogP contribution in [0.5, 0.6) is 5.75 Å². The number of halogens is 1. The lowest BCUT2D eigenvalue weighted by molar-refractivity contribution is -0.143. The SMILES string of the molecule is Cc1ccc(CN(C(=O)COc2ccc(F)cc2)C(Cc2ccccc2)C(=O)NC(C)(C)C)cc1. The van der Waals surface area contributed by atoms with Crippen molar-refractivity contribution >= 4 is 11.8 Å². The Morgan fingerprint density at radius 2 is 1.54 bits per heavy atom. The molecule has 0 fully saturated rings. The number of carbonyl (C=O) groups is 2. The standard InChI is InChI=1S/C29H33FN2O3/c1-21-10-12-23(13-11-21)19-32(27(33)20-35-25-16-14-24(30)15-17-25)26(28(34)31-29(2,3)4)18-22-8-6-5-7-9-22/h5-17,26H,18-20H2,1-4H3,(H,31,34). The molecule has 0 aliphatic heterocycles. The molecule has 35 heavy (non-hydrogen) atoms. The van der Waals surface area contributed by atoms with Crippen molar-refractivity contribution in [3.05, 3.63) is 101 Å². The zero-order valence-corrected chi connectivity index (χ0v) is 20.8. The summed E-state index contributed by atoms with van der Waals surface area (Å²) in [4.78, 5) is 28.6. The third-order valence-electron chi connectivity index (χ3n) is 5.42. The summed E-state index contributed by atoms with van der Waals surface area (Å²) < 4.78 is 18.9. The van der Waals surface area contributed by atoms with Crippen molar-refractivity contribution < 1.29 is 18.7 Å². The van der Waals surface area contributed by atoms with E-state index < -0.39 is 11.6 Å². The number of benzene rings is 3. The van der Waals surface area contributed by atoms with Gasteiger partial charge in [-0.05, 0) is 63.1 Å². The topological polar surface area (TPSA) is 58.6 Å². The summed E-state index contributed by atoms with van der Waals surface area (Å²) in [6, 6.07) is 22.3. The fourth-order valence-corrected chi connectivity index (χ4v) is 3.66. The van der Waals surface area contributed by atoms with E-state index in [-0.39, 0.29) is 30.8 Å². The van der Waals surface area contributed by atoms with Crippen molar-refractivity contribution in [2.75, 3.05) is 6.61 Å². The smallest absolute Gasteiger partial charge is 0.261 e. The van der Waals surface area contributed by atoms with E-state index in [0.717, 1.165) is 16.7 Å². The van der Waals surface area contributed by atoms with Crippen LogP contribution in [0.4, 0.5) is 4.39 Å². The first kappa shape index (κ1) is 25.9. The van der Waals surface area contributed by atoms with E-state index in [1.54, 1.807) is 4.90 Å². The fourth-order valence-electron chi connectivity index (χ4n) is 3.66. The van der Waals surface area contributed by atoms with Crippen LogP contribution in [-0.2, 0) is 22.6 Å². The highest BCUT2D eigenvalue weighted by Crippen LogP contribution is 2.18. The Hall–Kier alpha value is -3.67. The molecular weight excluding hydrogens is 443 g/mol. The Balaban J connectivity index is 1.91. The van der Waals surface area contributed by atoms with Gasteiger partial charge in [-0.15, -0.1) is 0 Å². The Labute approximate surface area is 206 Å². The van der Waals surface area contributed by atoms with Crippen LogP contribution in [0.1, 0.15) is 37.5 Å². The minimum Gasteiger partial charge on any atom is -0.484 e. The summed E-state index contributed by atoms with van der Waals surface area (Å²) in [5.41, 5.74) is 2.50. The average molecular weight is 477 g/mol. The lowest BCUT2D eigenvalue weighted by Crippen LogP contribution is -2.55. The number of rotatable bonds is 9. The molecule has 3 aromatic rings. The van der Waals surface area contributed by atoms with Crippen LogP contribution in [0, 0.1) is 12.7 Å². The molecular formula is C29H33FN2O3. The molecule has 184 valence electrons. The van der Waals surface area contributed by atoms with Gasteiger partial charge in [0.1, 0.15) is 17.6 Å². The Kier molecular flexibility index (Phi) is 8.63. The molecule has 0 saturated heterocycles. The summed E-state index contributed by atoms with van der Waals surface area (Å²) in [7, 11) is 0. The Morgan fingerprint density at radius 1 is 0.914 bits per heavy atom. The Bertz CT molecular complexity index is 1110. The highest BCUT2D eigenvalue weighted by atomic mass is 19.1. The van der Waals surface area contributed by atoms with Crippen LogP contribution in [0.2, 0.25) is 0 Å². The van der Waals surface area contributed by atoms with Crippen molar-refractivity contribution in [1.82, 2.24) is 10.2 Å². The molecule has 5 nitrogen and oxygen atoms in total. The first-order valence-electron chi connectivity index (χ1n) is 11.7. The van der Waals surface area contributed by atoms with E-state index in [0.29, 0.717) is 12.2 Å². The fraction of sp³-hybridized carbons (Fsp3) is 0.310. The van der Waals surface area contributed by atoms with Crippen molar-refractivity contribution in [3.8, 4) is 5.75 Å². The van der Waals surface area contributed by atoms with Crippen molar-refractivity contribution in [1.29, 1.82) is 0 Å². The number of nitrogens with one attached hydrogen (secondary N) is 1. The quantitative estimate of drug-likeness (QED) is 0.469. The number of carbonyl (C=O) groups excluding carboxylic acids is 2. The number of hydrogen-bond donors (Lipinski definition) is 1. The molecule has 0 aliphatic carbocycles. The van der Waals surface area contributed by atoms with Gasteiger partial charge in [-0.2, -0.15) is 0 Å². The number of ether oxygens (including phenoxy) is 1. The summed E-state index contributed by atoms with van der Waals surface area (Å²) in [6.07, 6.45) is 0.358. The van der Waals surface area contributed by atoms with E-state index in [2.05, 4.69) is 5.32 Å². The second-order valence-electron chi connectivity index (χ2n) is 9.69. The van der Waals surface area contributed by atoms with Gasteiger partial charge in [-0.3, -0.25) is 9.59 Å². The maximum Gasteiger partial charge on any atom is 0.261 e. The van der Waals surface area contributed by atoms with Crippen LogP contribution in [0.15, 0.2) is 78.9 Å². The van der Waals surface area contributed by atoms with Crippen LogP contribution < -0.4 is 10.1 Å². The van der Waals surface area contributed by atoms with E-state index in [4.69, 9.17) is 4.74 Å². The predicted molar refractivity (Wildman–Crippen MR) is 135 cm³/mol. The molecule has 1 unspecified atom stereocenters. The van der Waals surface area contributed by atoms with Gasteiger partial charge >= 0.3 is 0 Å². The maximum absolute atomic E-state index is 13.5. The molecule has 0 saturated carbocycles. The lowest BCUT2D eigenvalue weighted by atomic mass is 10.0. The molecule has 3 rings (SSSR count). The molecule has 1 atom stereocenters. The molecule has 3 aromatic carbocycles. The van der Waals surface area contributed by atoms with Gasteiger partial charge in [0.15, 0.2) is 6.61 Å². The number of aryl methyl sites for hydroxylation is 1. The molecule has 0 bridgehead atoms. The van der Waals surface area contributed by atoms with Crippen LogP contribution in [0.25, 0.3) is 0 Å². The third-order valence-corrected chi connectivity index (χ3v) is 5.42. The molecule has 0 radical (unpaired) electrons. The summed E-state index contributed by atoms with van der Waals surface area (Å²) in [5, 5.41) is 3.03. The van der Waals surface area contributed by atoms with E-state index in [1.165, 1.54) is 24.3 Å². The van der Waals surface area contributed by atoms with Crippen molar-refractivity contribution in [3.63, 3.8) is 0 Å². The van der Waals surface area contributed by atoms with Gasteiger partial charge < -0.3 is 15.0 Å². The van der Waals surface area contributed by atoms with Crippen molar-refractivity contribution in [2.45, 2.75) is 52.2 Å². The zero-order chi connectivity index (χ0) is 25.4. The third kappa shape index (κ3) is 8.25. The summed E-state index contributed by atoms with van der Waals surface area (Å²) >= 11 is 0. The van der Waals surface area contributed by atoms with Gasteiger partial charge in [0.05, 0.1) is 0 Å². The highest BCUT2D eigenvalue weighted by molar-refractivity contribution is 5.89. The predicted octanol–water partition coefficient (Wildman–Crippen LogP) is 5.07. The zero-order valence-electron chi connectivity index (χ0n) is 20.8. The molecule has 0 spiro atoms. The van der Waals surface area contributed by atoms with Crippen molar-refractivity contribution in [2.24, 2.45) is 0 Å². The lowest BCUT2D eigenvalue weighted by Gasteiger charge is -2.33. The van der Waals surface area contributed by atoms with Gasteiger partial charge in [0, 0.05) is 18.5 Å². The Morgan fingerprint density at radius 3 is 2.14 bits per heavy atom. The number of nitrogens with zero attached hydrogens (tertiary/aromatic N) is 1. The minimum atomic E-state index is -0.748. The van der Waals surface area contributed by atoms with E-state index in [1.807, 2.05) is 82.3 Å². The largest absolute Gasteiger partial charge is 0.484 e. The van der Waals surface area contributed by atoms with Gasteiger partial charge in [0.2, 0.25) is 5.91 Å². The molecule has 0 heterocycles. The van der Waals surface area contributed by atoms with E-state index >= 15 is 0 Å². The second kappa shape index (κ2) is 11.6. The average Bonchev–Trinajstić information content (AvgIpc) is 2.81. The van der Waals surface area contributed by atoms with Crippen LogP contribution in [-0.4, -0.2) is 34.9 Å². The van der Waals surface area contributed by atoms with Gasteiger partial charge in [-0.25, -0.2) is 4.39 Å². The monoisotopic (exact) mass is 476 g/mol. The summed E-state index contributed by atoms with van der Waals surface area (Å²) in [5.74, 6) is -0.566. The number of amides is 2. The first-order chi connectivity index (χ1) is 16.6.